The van der Waals surface area contributed by atoms with E-state index in [9.17, 15) is 14.4 Å². The first-order chi connectivity index (χ1) is 12.9. The summed E-state index contributed by atoms with van der Waals surface area (Å²) in [6.07, 6.45) is -0.136. The molecule has 2 aromatic carbocycles. The molecule has 0 aliphatic heterocycles. The van der Waals surface area contributed by atoms with Crippen LogP contribution < -0.4 is 16.4 Å². The number of nitrogen functional groups attached to an aromatic ring is 1. The summed E-state index contributed by atoms with van der Waals surface area (Å²) in [5, 5.41) is 21.2. The number of amidine groups is 1. The zero-order valence-electron chi connectivity index (χ0n) is 14.5. The highest BCUT2D eigenvalue weighted by Gasteiger charge is 2.08. The number of hydrogen-bond donors (Lipinski definition) is 5. The van der Waals surface area contributed by atoms with Crippen LogP contribution in [0.4, 0.5) is 0 Å². The minimum Gasteiger partial charge on any atom is -0.481 e. The van der Waals surface area contributed by atoms with Crippen molar-refractivity contribution in [2.75, 3.05) is 6.54 Å². The van der Waals surface area contributed by atoms with E-state index in [2.05, 4.69) is 10.6 Å². The predicted octanol–water partition coefficient (Wildman–Crippen LogP) is 1.11. The molecule has 0 heterocycles. The van der Waals surface area contributed by atoms with Gasteiger partial charge in [0.1, 0.15) is 5.84 Å². The van der Waals surface area contributed by atoms with Crippen molar-refractivity contribution in [3.8, 4) is 0 Å². The summed E-state index contributed by atoms with van der Waals surface area (Å²) >= 11 is 0. The number of benzene rings is 2. The largest absolute Gasteiger partial charge is 0.481 e. The summed E-state index contributed by atoms with van der Waals surface area (Å²) in [6.45, 7) is 0.350. The fourth-order valence-electron chi connectivity index (χ4n) is 2.24. The summed E-state index contributed by atoms with van der Waals surface area (Å²) in [6, 6.07) is 13.0. The molecule has 0 saturated carbocycles. The van der Waals surface area contributed by atoms with Gasteiger partial charge in [0.2, 0.25) is 0 Å². The molecule has 140 valence electrons. The number of rotatable bonds is 8. The highest BCUT2D eigenvalue weighted by molar-refractivity contribution is 5.98. The molecule has 0 unspecified atom stereocenters. The summed E-state index contributed by atoms with van der Waals surface area (Å²) in [5.74, 6) is -1.65. The Morgan fingerprint density at radius 2 is 1.33 bits per heavy atom. The molecule has 0 fully saturated rings. The monoisotopic (exact) mass is 368 g/mol. The lowest BCUT2D eigenvalue weighted by molar-refractivity contribution is -0.136. The first-order valence-corrected chi connectivity index (χ1v) is 8.18. The van der Waals surface area contributed by atoms with Gasteiger partial charge in [-0.15, -0.1) is 0 Å². The van der Waals surface area contributed by atoms with Gasteiger partial charge in [-0.2, -0.15) is 0 Å². The molecule has 2 rings (SSSR count). The van der Waals surface area contributed by atoms with E-state index in [0.717, 1.165) is 5.56 Å². The van der Waals surface area contributed by atoms with Gasteiger partial charge in [0, 0.05) is 29.8 Å². The van der Waals surface area contributed by atoms with Crippen LogP contribution in [0.5, 0.6) is 0 Å². The van der Waals surface area contributed by atoms with Crippen LogP contribution in [0, 0.1) is 5.41 Å². The van der Waals surface area contributed by atoms with E-state index in [1.807, 2.05) is 0 Å². The number of carboxylic acids is 1. The topological polar surface area (TPSA) is 145 Å². The molecular weight excluding hydrogens is 348 g/mol. The molecule has 0 bridgehead atoms. The van der Waals surface area contributed by atoms with Crippen LogP contribution in [-0.4, -0.2) is 35.3 Å². The van der Waals surface area contributed by atoms with Crippen LogP contribution in [0.25, 0.3) is 0 Å². The van der Waals surface area contributed by atoms with Crippen molar-refractivity contribution in [2.24, 2.45) is 5.73 Å². The SMILES string of the molecule is N=C(N)c1ccc(C(=O)NCc2ccc(C(=O)NCCC(=O)O)cc2)cc1. The van der Waals surface area contributed by atoms with Crippen LogP contribution in [0.15, 0.2) is 48.5 Å². The number of amides is 2. The summed E-state index contributed by atoms with van der Waals surface area (Å²) in [7, 11) is 0. The van der Waals surface area contributed by atoms with Crippen LogP contribution in [0.1, 0.15) is 38.3 Å². The van der Waals surface area contributed by atoms with Crippen molar-refractivity contribution in [1.82, 2.24) is 10.6 Å². The number of carbonyl (C=O) groups excluding carboxylic acids is 2. The molecule has 0 atom stereocenters. The first kappa shape index (κ1) is 19.6. The maximum absolute atomic E-state index is 12.1. The van der Waals surface area contributed by atoms with Crippen LogP contribution in [-0.2, 0) is 11.3 Å². The third-order valence-electron chi connectivity index (χ3n) is 3.75. The van der Waals surface area contributed by atoms with Gasteiger partial charge in [-0.1, -0.05) is 24.3 Å². The Bertz CT molecular complexity index is 845. The maximum Gasteiger partial charge on any atom is 0.305 e. The fraction of sp³-hybridized carbons (Fsp3) is 0.158. The van der Waals surface area contributed by atoms with E-state index < -0.39 is 5.97 Å². The molecule has 8 heteroatoms. The Morgan fingerprint density at radius 1 is 0.852 bits per heavy atom. The number of carboxylic acid groups (broad SMARTS) is 1. The minimum atomic E-state index is -0.975. The highest BCUT2D eigenvalue weighted by atomic mass is 16.4. The zero-order valence-corrected chi connectivity index (χ0v) is 14.5. The van der Waals surface area contributed by atoms with Crippen molar-refractivity contribution < 1.29 is 19.5 Å². The number of hydrogen-bond acceptors (Lipinski definition) is 4. The van der Waals surface area contributed by atoms with Gasteiger partial charge in [0.05, 0.1) is 6.42 Å². The summed E-state index contributed by atoms with van der Waals surface area (Å²) < 4.78 is 0. The van der Waals surface area contributed by atoms with Gasteiger partial charge >= 0.3 is 5.97 Å². The molecule has 8 nitrogen and oxygen atoms in total. The molecule has 27 heavy (non-hydrogen) atoms. The molecule has 0 radical (unpaired) electrons. The average Bonchev–Trinajstić information content (AvgIpc) is 2.66. The smallest absolute Gasteiger partial charge is 0.305 e. The Hall–Kier alpha value is -3.68. The van der Waals surface area contributed by atoms with Crippen LogP contribution >= 0.6 is 0 Å². The van der Waals surface area contributed by atoms with Crippen molar-refractivity contribution in [2.45, 2.75) is 13.0 Å². The van der Waals surface area contributed by atoms with Gasteiger partial charge in [0.15, 0.2) is 0 Å². The highest BCUT2D eigenvalue weighted by Crippen LogP contribution is 2.07. The number of carbonyl (C=O) groups is 3. The maximum atomic E-state index is 12.1. The minimum absolute atomic E-state index is 0.0611. The lowest BCUT2D eigenvalue weighted by Crippen LogP contribution is -2.26. The Kier molecular flexibility index (Phi) is 6.65. The fourth-order valence-corrected chi connectivity index (χ4v) is 2.24. The second kappa shape index (κ2) is 9.14. The van der Waals surface area contributed by atoms with E-state index in [1.165, 1.54) is 0 Å². The first-order valence-electron chi connectivity index (χ1n) is 8.18. The van der Waals surface area contributed by atoms with Crippen LogP contribution in [0.2, 0.25) is 0 Å². The van der Waals surface area contributed by atoms with Gasteiger partial charge < -0.3 is 21.5 Å². The van der Waals surface area contributed by atoms with E-state index in [4.69, 9.17) is 16.2 Å². The lowest BCUT2D eigenvalue weighted by atomic mass is 10.1. The predicted molar refractivity (Wildman–Crippen MR) is 99.7 cm³/mol. The quantitative estimate of drug-likeness (QED) is 0.350. The number of aliphatic carboxylic acids is 1. The Labute approximate surface area is 155 Å². The van der Waals surface area contributed by atoms with Gasteiger partial charge in [-0.3, -0.25) is 19.8 Å². The normalized spacial score (nSPS) is 10.1. The van der Waals surface area contributed by atoms with E-state index in [-0.39, 0.29) is 37.2 Å². The molecule has 0 aromatic heterocycles. The number of nitrogens with one attached hydrogen (secondary N) is 3. The number of nitrogens with two attached hydrogens (primary N) is 1. The third kappa shape index (κ3) is 5.96. The standard InChI is InChI=1S/C19H20N4O4/c20-17(21)13-5-7-15(8-6-13)19(27)23-11-12-1-3-14(4-2-12)18(26)22-10-9-16(24)25/h1-8H,9-11H2,(H3,20,21)(H,22,26)(H,23,27)(H,24,25). The van der Waals surface area contributed by atoms with E-state index in [0.29, 0.717) is 16.7 Å². The van der Waals surface area contributed by atoms with E-state index in [1.54, 1.807) is 48.5 Å². The van der Waals surface area contributed by atoms with E-state index >= 15 is 0 Å². The summed E-state index contributed by atoms with van der Waals surface area (Å²) in [5.41, 5.74) is 7.60. The van der Waals surface area contributed by atoms with Crippen molar-refractivity contribution in [3.63, 3.8) is 0 Å². The molecular formula is C19H20N4O4. The van der Waals surface area contributed by atoms with Crippen molar-refractivity contribution >= 4 is 23.6 Å². The Balaban J connectivity index is 1.87. The second-order valence-corrected chi connectivity index (χ2v) is 5.77. The van der Waals surface area contributed by atoms with Gasteiger partial charge in [-0.05, 0) is 29.8 Å². The Morgan fingerprint density at radius 3 is 1.85 bits per heavy atom. The lowest BCUT2D eigenvalue weighted by Gasteiger charge is -2.08. The molecule has 6 N–H and O–H groups in total. The van der Waals surface area contributed by atoms with Crippen molar-refractivity contribution in [3.05, 3.63) is 70.8 Å². The zero-order chi connectivity index (χ0) is 19.8. The molecule has 0 aliphatic carbocycles. The third-order valence-corrected chi connectivity index (χ3v) is 3.75. The second-order valence-electron chi connectivity index (χ2n) is 5.77. The molecule has 2 amide bonds. The van der Waals surface area contributed by atoms with Gasteiger partial charge in [-0.25, -0.2) is 0 Å². The average molecular weight is 368 g/mol. The van der Waals surface area contributed by atoms with Gasteiger partial charge in [0.25, 0.3) is 11.8 Å². The summed E-state index contributed by atoms with van der Waals surface area (Å²) in [4.78, 5) is 34.4. The molecule has 2 aromatic rings. The van der Waals surface area contributed by atoms with Crippen molar-refractivity contribution in [1.29, 1.82) is 5.41 Å². The molecule has 0 saturated heterocycles. The molecule has 0 aliphatic rings. The van der Waals surface area contributed by atoms with Crippen LogP contribution in [0.3, 0.4) is 0 Å². The molecule has 0 spiro atoms.